The van der Waals surface area contributed by atoms with Gasteiger partial charge in [-0.25, -0.2) is 23.1 Å². The van der Waals surface area contributed by atoms with E-state index in [1.807, 2.05) is 13.0 Å². The van der Waals surface area contributed by atoms with Crippen molar-refractivity contribution in [3.63, 3.8) is 0 Å². The molecule has 0 aliphatic rings. The zero-order valence-corrected chi connectivity index (χ0v) is 12.5. The van der Waals surface area contributed by atoms with Gasteiger partial charge in [0.05, 0.1) is 12.4 Å². The fourth-order valence-corrected chi connectivity index (χ4v) is 3.09. The maximum absolute atomic E-state index is 11.2. The van der Waals surface area contributed by atoms with Crippen LogP contribution in [0.5, 0.6) is 5.88 Å². The second kappa shape index (κ2) is 5.02. The molecule has 0 saturated carbocycles. The summed E-state index contributed by atoms with van der Waals surface area (Å²) in [6.45, 7) is 5.63. The summed E-state index contributed by atoms with van der Waals surface area (Å²) in [5.74, 6) is 0.310. The second-order valence-corrected chi connectivity index (χ2v) is 7.24. The van der Waals surface area contributed by atoms with Crippen molar-refractivity contribution in [3.05, 3.63) is 24.0 Å². The van der Waals surface area contributed by atoms with Crippen molar-refractivity contribution in [2.75, 3.05) is 12.4 Å². The molecule has 0 radical (unpaired) electrons. The number of hydrogen-bond donors (Lipinski definition) is 1. The van der Waals surface area contributed by atoms with Crippen molar-refractivity contribution in [2.45, 2.75) is 20.8 Å². The number of imidazole rings is 1. The van der Waals surface area contributed by atoms with E-state index in [-0.39, 0.29) is 12.4 Å². The van der Waals surface area contributed by atoms with Crippen LogP contribution in [0.15, 0.2) is 18.5 Å². The van der Waals surface area contributed by atoms with E-state index in [9.17, 15) is 8.42 Å². The zero-order valence-electron chi connectivity index (χ0n) is 11.7. The minimum absolute atomic E-state index is 0.146. The highest BCUT2D eigenvalue weighted by Crippen LogP contribution is 2.21. The van der Waals surface area contributed by atoms with Gasteiger partial charge in [0.25, 0.3) is 0 Å². The topological polar surface area (TPSA) is 99.6 Å². The van der Waals surface area contributed by atoms with E-state index in [0.717, 1.165) is 11.2 Å². The molecule has 2 aromatic heterocycles. The van der Waals surface area contributed by atoms with Crippen LogP contribution in [0, 0.1) is 12.3 Å². The first-order valence-corrected chi connectivity index (χ1v) is 7.82. The average molecular weight is 298 g/mol. The molecule has 8 heteroatoms. The summed E-state index contributed by atoms with van der Waals surface area (Å²) in [5.41, 5.74) is 0.986. The molecular weight excluding hydrogens is 280 g/mol. The van der Waals surface area contributed by atoms with Crippen molar-refractivity contribution in [2.24, 2.45) is 10.6 Å². The van der Waals surface area contributed by atoms with Gasteiger partial charge in [-0.1, -0.05) is 13.8 Å². The number of nitrogens with zero attached hydrogens (tertiary/aromatic N) is 3. The fourth-order valence-electron chi connectivity index (χ4n) is 1.92. The molecule has 7 nitrogen and oxygen atoms in total. The molecule has 0 aromatic carbocycles. The Morgan fingerprint density at radius 3 is 2.80 bits per heavy atom. The van der Waals surface area contributed by atoms with Gasteiger partial charge < -0.3 is 4.74 Å². The summed E-state index contributed by atoms with van der Waals surface area (Å²) in [6.07, 6.45) is 3.37. The highest BCUT2D eigenvalue weighted by Gasteiger charge is 2.25. The van der Waals surface area contributed by atoms with Crippen LogP contribution in [0.25, 0.3) is 5.65 Å². The Morgan fingerprint density at radius 1 is 1.45 bits per heavy atom. The van der Waals surface area contributed by atoms with Gasteiger partial charge in [0.2, 0.25) is 15.9 Å². The minimum Gasteiger partial charge on any atom is -0.476 e. The monoisotopic (exact) mass is 298 g/mol. The van der Waals surface area contributed by atoms with E-state index in [4.69, 9.17) is 9.88 Å². The lowest BCUT2D eigenvalue weighted by atomic mass is 9.98. The van der Waals surface area contributed by atoms with Crippen molar-refractivity contribution < 1.29 is 13.2 Å². The van der Waals surface area contributed by atoms with Crippen LogP contribution in [0.4, 0.5) is 0 Å². The molecule has 0 bridgehead atoms. The van der Waals surface area contributed by atoms with Crippen molar-refractivity contribution in [1.29, 1.82) is 0 Å². The maximum atomic E-state index is 11.2. The predicted molar refractivity (Wildman–Crippen MR) is 75.0 cm³/mol. The first kappa shape index (κ1) is 14.7. The summed E-state index contributed by atoms with van der Waals surface area (Å²) >= 11 is 0. The molecule has 2 heterocycles. The van der Waals surface area contributed by atoms with Gasteiger partial charge in [0, 0.05) is 23.4 Å². The number of ether oxygens (including phenoxy) is 1. The Hall–Kier alpha value is -1.67. The Morgan fingerprint density at radius 2 is 2.15 bits per heavy atom. The average Bonchev–Trinajstić information content (AvgIpc) is 2.69. The van der Waals surface area contributed by atoms with Crippen LogP contribution >= 0.6 is 0 Å². The Labute approximate surface area is 117 Å². The Bertz CT molecular complexity index is 721. The molecule has 2 rings (SSSR count). The smallest absolute Gasteiger partial charge is 0.234 e. The van der Waals surface area contributed by atoms with Gasteiger partial charge in [-0.2, -0.15) is 0 Å². The molecule has 0 saturated heterocycles. The van der Waals surface area contributed by atoms with Gasteiger partial charge >= 0.3 is 0 Å². The number of nitrogens with two attached hydrogens (primary N) is 1. The number of primary sulfonamides is 1. The fraction of sp³-hybridized carbons (Fsp3) is 0.500. The molecule has 2 aromatic rings. The molecule has 0 aliphatic heterocycles. The van der Waals surface area contributed by atoms with Crippen LogP contribution in [0.1, 0.15) is 19.4 Å². The number of fused-ring (bicyclic) bond motifs is 1. The molecule has 20 heavy (non-hydrogen) atoms. The van der Waals surface area contributed by atoms with E-state index in [1.54, 1.807) is 30.8 Å². The molecule has 2 N–H and O–H groups in total. The summed E-state index contributed by atoms with van der Waals surface area (Å²) in [7, 11) is -3.54. The number of sulfonamides is 1. The first-order chi connectivity index (χ1) is 9.16. The quantitative estimate of drug-likeness (QED) is 0.877. The Balaban J connectivity index is 2.14. The van der Waals surface area contributed by atoms with E-state index >= 15 is 0 Å². The van der Waals surface area contributed by atoms with Crippen LogP contribution in [0.3, 0.4) is 0 Å². The third kappa shape index (κ3) is 3.67. The second-order valence-electron chi connectivity index (χ2n) is 5.62. The van der Waals surface area contributed by atoms with E-state index < -0.39 is 15.4 Å². The SMILES string of the molecule is Cc1cc2nccn2nc1OCC(C)(C)CS(N)(=O)=O. The number of rotatable bonds is 5. The standard InChI is InChI=1S/C12H18N4O3S/c1-9-6-10-14-4-5-16(10)15-11(9)19-7-12(2,3)8-20(13,17)18/h4-6H,7-8H2,1-3H3,(H2,13,17,18). The summed E-state index contributed by atoms with van der Waals surface area (Å²) in [4.78, 5) is 4.13. The van der Waals surface area contributed by atoms with Crippen molar-refractivity contribution in [1.82, 2.24) is 14.6 Å². The van der Waals surface area contributed by atoms with E-state index in [1.165, 1.54) is 0 Å². The lowest BCUT2D eigenvalue weighted by Gasteiger charge is -2.23. The van der Waals surface area contributed by atoms with E-state index in [0.29, 0.717) is 5.88 Å². The molecular formula is C12H18N4O3S. The maximum Gasteiger partial charge on any atom is 0.234 e. The predicted octanol–water partition coefficient (Wildman–Crippen LogP) is 0.731. The Kier molecular flexibility index (Phi) is 3.70. The molecule has 0 unspecified atom stereocenters. The third-order valence-electron chi connectivity index (χ3n) is 2.72. The largest absolute Gasteiger partial charge is 0.476 e. The van der Waals surface area contributed by atoms with Gasteiger partial charge in [0.15, 0.2) is 5.65 Å². The summed E-state index contributed by atoms with van der Waals surface area (Å²) in [6, 6.07) is 1.86. The molecule has 0 amide bonds. The van der Waals surface area contributed by atoms with Gasteiger partial charge in [-0.3, -0.25) is 0 Å². The number of hydrogen-bond acceptors (Lipinski definition) is 5. The molecule has 0 fully saturated rings. The van der Waals surface area contributed by atoms with Crippen LogP contribution in [0.2, 0.25) is 0 Å². The normalized spacial score (nSPS) is 12.8. The van der Waals surface area contributed by atoms with Crippen LogP contribution < -0.4 is 9.88 Å². The zero-order chi connectivity index (χ0) is 15.0. The lowest BCUT2D eigenvalue weighted by Crippen LogP contribution is -2.33. The van der Waals surface area contributed by atoms with Gasteiger partial charge in [-0.05, 0) is 13.0 Å². The van der Waals surface area contributed by atoms with E-state index in [2.05, 4.69) is 10.1 Å². The molecule has 0 aliphatic carbocycles. The van der Waals surface area contributed by atoms with Crippen LogP contribution in [-0.4, -0.2) is 35.4 Å². The summed E-state index contributed by atoms with van der Waals surface area (Å²) < 4.78 is 29.6. The first-order valence-electron chi connectivity index (χ1n) is 6.11. The highest BCUT2D eigenvalue weighted by atomic mass is 32.2. The molecule has 0 atom stereocenters. The van der Waals surface area contributed by atoms with Gasteiger partial charge in [-0.15, -0.1) is 5.10 Å². The molecule has 0 spiro atoms. The highest BCUT2D eigenvalue weighted by molar-refractivity contribution is 7.89. The summed E-state index contributed by atoms with van der Waals surface area (Å²) in [5, 5.41) is 9.36. The third-order valence-corrected chi connectivity index (χ3v) is 3.91. The van der Waals surface area contributed by atoms with Gasteiger partial charge in [0.1, 0.15) is 0 Å². The van der Waals surface area contributed by atoms with Crippen LogP contribution in [-0.2, 0) is 10.0 Å². The minimum atomic E-state index is -3.54. The van der Waals surface area contributed by atoms with Crippen molar-refractivity contribution in [3.8, 4) is 5.88 Å². The van der Waals surface area contributed by atoms with Crippen molar-refractivity contribution >= 4 is 15.7 Å². The number of aryl methyl sites for hydroxylation is 1. The lowest BCUT2D eigenvalue weighted by molar-refractivity contribution is 0.190. The number of aromatic nitrogens is 3. The molecule has 110 valence electrons.